The molecule has 6 heteroatoms. The molecule has 1 saturated heterocycles. The number of likely N-dealkylation sites (tertiary alicyclic amines) is 1. The molecule has 0 spiro atoms. The minimum Gasteiger partial charge on any atom is -0.356 e. The number of pyridine rings is 1. The highest BCUT2D eigenvalue weighted by Gasteiger charge is 2.11. The molecule has 0 saturated carbocycles. The van der Waals surface area contributed by atoms with Gasteiger partial charge in [-0.15, -0.1) is 24.0 Å². The molecule has 2 aromatic carbocycles. The summed E-state index contributed by atoms with van der Waals surface area (Å²) in [5.41, 5.74) is 5.00. The van der Waals surface area contributed by atoms with Gasteiger partial charge in [-0.25, -0.2) is 0 Å². The second-order valence-electron chi connectivity index (χ2n) is 7.89. The van der Waals surface area contributed by atoms with Gasteiger partial charge in [-0.3, -0.25) is 14.9 Å². The van der Waals surface area contributed by atoms with Gasteiger partial charge in [0.15, 0.2) is 5.96 Å². The van der Waals surface area contributed by atoms with E-state index in [0.29, 0.717) is 0 Å². The van der Waals surface area contributed by atoms with Gasteiger partial charge < -0.3 is 10.6 Å². The van der Waals surface area contributed by atoms with Crippen molar-refractivity contribution in [3.05, 3.63) is 77.5 Å². The highest BCUT2D eigenvalue weighted by atomic mass is 127. The fourth-order valence-electron chi connectivity index (χ4n) is 4.05. The normalized spacial score (nSPS) is 14.4. The molecule has 0 aliphatic carbocycles. The van der Waals surface area contributed by atoms with Crippen LogP contribution in [0.2, 0.25) is 0 Å². The van der Waals surface area contributed by atoms with Crippen LogP contribution in [0.4, 0.5) is 0 Å². The van der Waals surface area contributed by atoms with Crippen molar-refractivity contribution in [3.63, 3.8) is 0 Å². The van der Waals surface area contributed by atoms with E-state index in [1.165, 1.54) is 48.0 Å². The minimum absolute atomic E-state index is 0. The molecule has 164 valence electrons. The zero-order valence-electron chi connectivity index (χ0n) is 18.2. The Hall–Kier alpha value is -2.19. The van der Waals surface area contributed by atoms with Crippen LogP contribution < -0.4 is 10.6 Å². The Morgan fingerprint density at radius 2 is 1.71 bits per heavy atom. The van der Waals surface area contributed by atoms with Crippen LogP contribution in [0.15, 0.2) is 65.8 Å². The lowest BCUT2D eigenvalue weighted by molar-refractivity contribution is 0.331. The number of nitrogens with zero attached hydrogens (tertiary/aromatic N) is 3. The zero-order valence-corrected chi connectivity index (χ0v) is 20.5. The molecule has 2 N–H and O–H groups in total. The van der Waals surface area contributed by atoms with E-state index in [0.717, 1.165) is 37.5 Å². The number of fused-ring (bicyclic) bond motifs is 1. The van der Waals surface area contributed by atoms with Gasteiger partial charge >= 0.3 is 0 Å². The van der Waals surface area contributed by atoms with Crippen molar-refractivity contribution in [3.8, 4) is 0 Å². The van der Waals surface area contributed by atoms with Crippen LogP contribution in [0.1, 0.15) is 29.5 Å². The predicted octanol–water partition coefficient (Wildman–Crippen LogP) is 4.36. The van der Waals surface area contributed by atoms with Crippen LogP contribution in [-0.2, 0) is 19.5 Å². The zero-order chi connectivity index (χ0) is 20.6. The van der Waals surface area contributed by atoms with Gasteiger partial charge in [0.2, 0.25) is 0 Å². The maximum Gasteiger partial charge on any atom is 0.191 e. The Morgan fingerprint density at radius 1 is 0.968 bits per heavy atom. The number of halogens is 1. The van der Waals surface area contributed by atoms with Gasteiger partial charge in [-0.05, 0) is 55.1 Å². The molecule has 0 radical (unpaired) electrons. The summed E-state index contributed by atoms with van der Waals surface area (Å²) in [6.45, 7) is 5.11. The average molecular weight is 529 g/mol. The lowest BCUT2D eigenvalue weighted by Gasteiger charge is -2.15. The summed E-state index contributed by atoms with van der Waals surface area (Å²) in [5.74, 6) is 0.823. The molecular formula is C25H32IN5. The lowest BCUT2D eigenvalue weighted by atomic mass is 10.1. The fraction of sp³-hybridized carbons (Fsp3) is 0.360. The molecule has 1 aromatic heterocycles. The SMILES string of the molecule is CN=C(NCCc1cccc2cccnc12)NCc1ccc(CN2CCCC2)cc1.I. The quantitative estimate of drug-likeness (QED) is 0.272. The van der Waals surface area contributed by atoms with E-state index in [2.05, 4.69) is 74.0 Å². The number of guanidine groups is 1. The number of benzene rings is 2. The topological polar surface area (TPSA) is 52.6 Å². The number of aromatic nitrogens is 1. The number of aliphatic imine (C=N–C) groups is 1. The number of hydrogen-bond acceptors (Lipinski definition) is 3. The van der Waals surface area contributed by atoms with Crippen molar-refractivity contribution in [2.45, 2.75) is 32.4 Å². The number of nitrogens with one attached hydrogen (secondary N) is 2. The average Bonchev–Trinajstić information content (AvgIpc) is 3.30. The number of para-hydroxylation sites is 1. The molecule has 3 aromatic rings. The Labute approximate surface area is 202 Å². The Balaban J connectivity index is 0.00000272. The van der Waals surface area contributed by atoms with Crippen LogP contribution >= 0.6 is 24.0 Å². The van der Waals surface area contributed by atoms with E-state index in [1.807, 2.05) is 19.3 Å². The summed E-state index contributed by atoms with van der Waals surface area (Å²) in [7, 11) is 1.81. The number of hydrogen-bond donors (Lipinski definition) is 2. The third-order valence-electron chi connectivity index (χ3n) is 5.71. The lowest BCUT2D eigenvalue weighted by Crippen LogP contribution is -2.37. The first-order valence-electron chi connectivity index (χ1n) is 10.9. The first-order valence-corrected chi connectivity index (χ1v) is 10.9. The molecular weight excluding hydrogens is 497 g/mol. The maximum absolute atomic E-state index is 4.54. The first-order chi connectivity index (χ1) is 14.8. The summed E-state index contributed by atoms with van der Waals surface area (Å²) in [5, 5.41) is 8.02. The summed E-state index contributed by atoms with van der Waals surface area (Å²) < 4.78 is 0. The van der Waals surface area contributed by atoms with Gasteiger partial charge in [0, 0.05) is 38.3 Å². The van der Waals surface area contributed by atoms with Gasteiger partial charge in [0.05, 0.1) is 5.52 Å². The summed E-state index contributed by atoms with van der Waals surface area (Å²) in [6.07, 6.45) is 5.44. The van der Waals surface area contributed by atoms with Crippen LogP contribution in [0.3, 0.4) is 0 Å². The van der Waals surface area contributed by atoms with Crippen molar-refractivity contribution in [1.29, 1.82) is 0 Å². The monoisotopic (exact) mass is 529 g/mol. The molecule has 5 nitrogen and oxygen atoms in total. The van der Waals surface area contributed by atoms with Crippen molar-refractivity contribution in [2.75, 3.05) is 26.7 Å². The summed E-state index contributed by atoms with van der Waals surface area (Å²) in [6, 6.07) is 19.4. The molecule has 0 amide bonds. The van der Waals surface area contributed by atoms with Gasteiger partial charge in [0.25, 0.3) is 0 Å². The highest BCUT2D eigenvalue weighted by Crippen LogP contribution is 2.16. The van der Waals surface area contributed by atoms with E-state index in [-0.39, 0.29) is 24.0 Å². The van der Waals surface area contributed by atoms with Crippen LogP contribution in [0.5, 0.6) is 0 Å². The van der Waals surface area contributed by atoms with E-state index in [9.17, 15) is 0 Å². The summed E-state index contributed by atoms with van der Waals surface area (Å²) >= 11 is 0. The van der Waals surface area contributed by atoms with Crippen LogP contribution in [-0.4, -0.2) is 42.5 Å². The number of rotatable bonds is 7. The molecule has 2 heterocycles. The van der Waals surface area contributed by atoms with E-state index in [4.69, 9.17) is 0 Å². The third-order valence-corrected chi connectivity index (χ3v) is 5.71. The Bertz CT molecular complexity index is 975. The van der Waals surface area contributed by atoms with E-state index >= 15 is 0 Å². The summed E-state index contributed by atoms with van der Waals surface area (Å²) in [4.78, 5) is 11.4. The molecule has 0 atom stereocenters. The molecule has 0 bridgehead atoms. The highest BCUT2D eigenvalue weighted by molar-refractivity contribution is 14.0. The third kappa shape index (κ3) is 6.64. The largest absolute Gasteiger partial charge is 0.356 e. The fourth-order valence-corrected chi connectivity index (χ4v) is 4.05. The van der Waals surface area contributed by atoms with Crippen LogP contribution in [0, 0.1) is 0 Å². The standard InChI is InChI=1S/C25H31N5.HI/c1-26-25(28-15-13-23-7-4-6-22-8-5-14-27-24(22)23)29-18-20-9-11-21(12-10-20)19-30-16-2-3-17-30;/h4-12,14H,2-3,13,15-19H2,1H3,(H2,26,28,29);1H. The van der Waals surface area contributed by atoms with Gasteiger partial charge in [-0.1, -0.05) is 48.5 Å². The minimum atomic E-state index is 0. The van der Waals surface area contributed by atoms with Crippen molar-refractivity contribution in [2.24, 2.45) is 4.99 Å². The molecule has 1 aliphatic heterocycles. The van der Waals surface area contributed by atoms with Crippen LogP contribution in [0.25, 0.3) is 10.9 Å². The Kier molecular flexibility index (Phi) is 9.09. The van der Waals surface area contributed by atoms with Gasteiger partial charge in [0.1, 0.15) is 0 Å². The maximum atomic E-state index is 4.54. The molecule has 1 fully saturated rings. The van der Waals surface area contributed by atoms with Crippen molar-refractivity contribution >= 4 is 40.8 Å². The van der Waals surface area contributed by atoms with E-state index < -0.39 is 0 Å². The van der Waals surface area contributed by atoms with E-state index in [1.54, 1.807) is 0 Å². The van der Waals surface area contributed by atoms with Gasteiger partial charge in [-0.2, -0.15) is 0 Å². The van der Waals surface area contributed by atoms with Crippen molar-refractivity contribution in [1.82, 2.24) is 20.5 Å². The van der Waals surface area contributed by atoms with Crippen molar-refractivity contribution < 1.29 is 0 Å². The second kappa shape index (κ2) is 12.0. The molecule has 31 heavy (non-hydrogen) atoms. The second-order valence-corrected chi connectivity index (χ2v) is 7.89. The molecule has 1 aliphatic rings. The Morgan fingerprint density at radius 3 is 2.48 bits per heavy atom. The molecule has 0 unspecified atom stereocenters. The predicted molar refractivity (Wildman–Crippen MR) is 140 cm³/mol. The smallest absolute Gasteiger partial charge is 0.191 e. The molecule has 4 rings (SSSR count). The first kappa shape index (κ1) is 23.5.